The van der Waals surface area contributed by atoms with Gasteiger partial charge in [-0.15, -0.1) is 0 Å². The molecular formula is C16H22ClNO3S. The first-order valence-corrected chi connectivity index (χ1v) is 9.74. The molecule has 1 aromatic rings. The number of ketones is 1. The minimum Gasteiger partial charge on any atom is -0.375 e. The number of carbonyl (C=O) groups is 1. The summed E-state index contributed by atoms with van der Waals surface area (Å²) >= 11 is 6.40. The second-order valence-corrected chi connectivity index (χ2v) is 8.50. The van der Waals surface area contributed by atoms with Gasteiger partial charge in [-0.3, -0.25) is 4.79 Å². The summed E-state index contributed by atoms with van der Waals surface area (Å²) in [4.78, 5) is 14.5. The number of halogens is 1. The lowest BCUT2D eigenvalue weighted by Crippen LogP contribution is -2.20. The molecule has 1 fully saturated rings. The van der Waals surface area contributed by atoms with Crippen molar-refractivity contribution in [3.05, 3.63) is 22.7 Å². The average molecular weight is 344 g/mol. The Labute approximate surface area is 137 Å². The fourth-order valence-corrected chi connectivity index (χ4v) is 4.47. The highest BCUT2D eigenvalue weighted by Gasteiger charge is 2.27. The maximum Gasteiger partial charge on any atom is 0.177 e. The maximum atomic E-state index is 12.7. The zero-order chi connectivity index (χ0) is 16.5. The average Bonchev–Trinajstić information content (AvgIpc) is 2.45. The van der Waals surface area contributed by atoms with Gasteiger partial charge in [-0.05, 0) is 25.0 Å². The van der Waals surface area contributed by atoms with E-state index in [9.17, 15) is 13.2 Å². The third kappa shape index (κ3) is 3.46. The Hall–Kier alpha value is -1.07. The number of hydrogen-bond acceptors (Lipinski definition) is 4. The number of hydrogen-bond donors (Lipinski definition) is 0. The van der Waals surface area contributed by atoms with Crippen LogP contribution in [0.1, 0.15) is 42.5 Å². The van der Waals surface area contributed by atoms with E-state index in [4.69, 9.17) is 11.6 Å². The third-order valence-electron chi connectivity index (χ3n) is 4.17. The lowest BCUT2D eigenvalue weighted by atomic mass is 9.84. The Kier molecular flexibility index (Phi) is 5.17. The number of anilines is 1. The Morgan fingerprint density at radius 1 is 1.18 bits per heavy atom. The van der Waals surface area contributed by atoms with Crippen molar-refractivity contribution in [2.45, 2.75) is 37.0 Å². The van der Waals surface area contributed by atoms with Gasteiger partial charge in [-0.25, -0.2) is 8.42 Å². The van der Waals surface area contributed by atoms with Crippen LogP contribution in [0.5, 0.6) is 0 Å². The number of nitrogens with zero attached hydrogens (tertiary/aromatic N) is 1. The highest BCUT2D eigenvalue weighted by molar-refractivity contribution is 7.90. The highest BCUT2D eigenvalue weighted by Crippen LogP contribution is 2.37. The van der Waals surface area contributed by atoms with Gasteiger partial charge >= 0.3 is 0 Å². The zero-order valence-corrected chi connectivity index (χ0v) is 14.8. The SMILES string of the molecule is CN(C)c1c(S(C)(=O)=O)ccc(C(=O)C2CCCCC2)c1Cl. The van der Waals surface area contributed by atoms with Crippen LogP contribution in [0.15, 0.2) is 17.0 Å². The van der Waals surface area contributed by atoms with Crippen molar-refractivity contribution in [3.63, 3.8) is 0 Å². The van der Waals surface area contributed by atoms with Gasteiger partial charge in [0.05, 0.1) is 15.6 Å². The number of rotatable bonds is 4. The quantitative estimate of drug-likeness (QED) is 0.784. The molecule has 6 heteroatoms. The summed E-state index contributed by atoms with van der Waals surface area (Å²) in [5.41, 5.74) is 0.829. The molecule has 2 rings (SSSR count). The van der Waals surface area contributed by atoms with E-state index in [1.165, 1.54) is 12.5 Å². The summed E-state index contributed by atoms with van der Waals surface area (Å²) in [6.07, 6.45) is 6.23. The van der Waals surface area contributed by atoms with Gasteiger partial charge < -0.3 is 4.90 Å². The van der Waals surface area contributed by atoms with Crippen molar-refractivity contribution in [2.75, 3.05) is 25.3 Å². The standard InChI is InChI=1S/C16H22ClNO3S/c1-18(2)15-13(22(3,20)21)10-9-12(14(15)17)16(19)11-7-5-4-6-8-11/h9-11H,4-8H2,1-3H3. The first-order valence-electron chi connectivity index (χ1n) is 7.47. The molecule has 1 aromatic carbocycles. The van der Waals surface area contributed by atoms with Crippen molar-refractivity contribution in [1.29, 1.82) is 0 Å². The summed E-state index contributed by atoms with van der Waals surface area (Å²) in [6.45, 7) is 0. The molecule has 1 aliphatic rings. The smallest absolute Gasteiger partial charge is 0.177 e. The number of Topliss-reactive ketones (excluding diaryl/α,β-unsaturated/α-hetero) is 1. The summed E-state index contributed by atoms with van der Waals surface area (Å²) in [7, 11) is 0.0482. The number of carbonyl (C=O) groups excluding carboxylic acids is 1. The van der Waals surface area contributed by atoms with Crippen LogP contribution < -0.4 is 4.90 Å². The molecule has 22 heavy (non-hydrogen) atoms. The van der Waals surface area contributed by atoms with Crippen molar-refractivity contribution in [2.24, 2.45) is 5.92 Å². The van der Waals surface area contributed by atoms with Crippen LogP contribution in [0.2, 0.25) is 5.02 Å². The molecule has 0 heterocycles. The first-order chi connectivity index (χ1) is 10.2. The van der Waals surface area contributed by atoms with Crippen LogP contribution in [0.4, 0.5) is 5.69 Å². The predicted molar refractivity (Wildman–Crippen MR) is 89.8 cm³/mol. The fourth-order valence-electron chi connectivity index (χ4n) is 3.04. The van der Waals surface area contributed by atoms with Gasteiger partial charge in [0.25, 0.3) is 0 Å². The topological polar surface area (TPSA) is 54.5 Å². The zero-order valence-electron chi connectivity index (χ0n) is 13.2. The molecule has 0 aromatic heterocycles. The fraction of sp³-hybridized carbons (Fsp3) is 0.562. The Bertz CT molecular complexity index is 677. The van der Waals surface area contributed by atoms with Crippen molar-refractivity contribution in [3.8, 4) is 0 Å². The van der Waals surface area contributed by atoms with Gasteiger partial charge in [-0.2, -0.15) is 0 Å². The van der Waals surface area contributed by atoms with Crippen LogP contribution in [-0.4, -0.2) is 34.6 Å². The van der Waals surface area contributed by atoms with E-state index in [0.29, 0.717) is 11.3 Å². The Morgan fingerprint density at radius 3 is 2.27 bits per heavy atom. The van der Waals surface area contributed by atoms with Crippen LogP contribution in [0, 0.1) is 5.92 Å². The number of benzene rings is 1. The Balaban J connectivity index is 2.50. The molecule has 122 valence electrons. The maximum absolute atomic E-state index is 12.7. The van der Waals surface area contributed by atoms with E-state index in [1.807, 2.05) is 0 Å². The van der Waals surface area contributed by atoms with E-state index in [2.05, 4.69) is 0 Å². The number of sulfone groups is 1. The van der Waals surface area contributed by atoms with E-state index >= 15 is 0 Å². The monoisotopic (exact) mass is 343 g/mol. The molecule has 0 spiro atoms. The third-order valence-corrected chi connectivity index (χ3v) is 5.68. The molecule has 0 saturated heterocycles. The van der Waals surface area contributed by atoms with E-state index in [-0.39, 0.29) is 21.6 Å². The summed E-state index contributed by atoms with van der Waals surface area (Å²) < 4.78 is 23.8. The van der Waals surface area contributed by atoms with Gasteiger partial charge in [0.2, 0.25) is 0 Å². The molecule has 0 radical (unpaired) electrons. The van der Waals surface area contributed by atoms with E-state index in [1.54, 1.807) is 25.1 Å². The molecule has 0 atom stereocenters. The van der Waals surface area contributed by atoms with Gasteiger partial charge in [-0.1, -0.05) is 30.9 Å². The minimum atomic E-state index is -3.41. The molecule has 0 amide bonds. The lowest BCUT2D eigenvalue weighted by Gasteiger charge is -2.23. The van der Waals surface area contributed by atoms with E-state index < -0.39 is 9.84 Å². The van der Waals surface area contributed by atoms with Crippen LogP contribution in [0.3, 0.4) is 0 Å². The van der Waals surface area contributed by atoms with E-state index in [0.717, 1.165) is 31.9 Å². The molecular weight excluding hydrogens is 322 g/mol. The first kappa shape index (κ1) is 17.3. The van der Waals surface area contributed by atoms with Gasteiger partial charge in [0.1, 0.15) is 0 Å². The van der Waals surface area contributed by atoms with Crippen LogP contribution in [-0.2, 0) is 9.84 Å². The second-order valence-electron chi connectivity index (χ2n) is 6.14. The van der Waals surface area contributed by atoms with Crippen LogP contribution >= 0.6 is 11.6 Å². The molecule has 1 saturated carbocycles. The lowest BCUT2D eigenvalue weighted by molar-refractivity contribution is 0.0889. The predicted octanol–water partition coefficient (Wildman–Crippen LogP) is 3.57. The van der Waals surface area contributed by atoms with Crippen molar-refractivity contribution >= 4 is 32.9 Å². The summed E-state index contributed by atoms with van der Waals surface area (Å²) in [5, 5.41) is 0.239. The molecule has 0 N–H and O–H groups in total. The summed E-state index contributed by atoms with van der Waals surface area (Å²) in [5.74, 6) is 0.0400. The van der Waals surface area contributed by atoms with Crippen molar-refractivity contribution in [1.82, 2.24) is 0 Å². The molecule has 4 nitrogen and oxygen atoms in total. The summed E-state index contributed by atoms with van der Waals surface area (Å²) in [6, 6.07) is 3.05. The van der Waals surface area contributed by atoms with Gasteiger partial charge in [0, 0.05) is 31.8 Å². The molecule has 0 aliphatic heterocycles. The molecule has 0 unspecified atom stereocenters. The minimum absolute atomic E-state index is 0.00495. The molecule has 0 bridgehead atoms. The largest absolute Gasteiger partial charge is 0.375 e. The second kappa shape index (κ2) is 6.59. The van der Waals surface area contributed by atoms with Gasteiger partial charge in [0.15, 0.2) is 15.6 Å². The highest BCUT2D eigenvalue weighted by atomic mass is 35.5. The normalized spacial score (nSPS) is 16.5. The van der Waals surface area contributed by atoms with Crippen LogP contribution in [0.25, 0.3) is 0 Å². The molecule has 1 aliphatic carbocycles. The Morgan fingerprint density at radius 2 is 1.77 bits per heavy atom. The van der Waals surface area contributed by atoms with Crippen molar-refractivity contribution < 1.29 is 13.2 Å².